The highest BCUT2D eigenvalue weighted by Crippen LogP contribution is 2.28. The lowest BCUT2D eigenvalue weighted by atomic mass is 10.2. The Labute approximate surface area is 99.9 Å². The topological polar surface area (TPSA) is 38.9 Å². The first-order valence-corrected chi connectivity index (χ1v) is 6.00. The Morgan fingerprint density at radius 1 is 1.19 bits per heavy atom. The summed E-state index contributed by atoms with van der Waals surface area (Å²) in [6.07, 6.45) is 1.80. The first kappa shape index (κ1) is 11.2. The lowest BCUT2D eigenvalue weighted by Gasteiger charge is -2.05. The van der Waals surface area contributed by atoms with Crippen molar-refractivity contribution in [2.45, 2.75) is 23.4 Å². The third-order valence-electron chi connectivity index (χ3n) is 2.31. The molecule has 0 saturated carbocycles. The molecule has 0 spiro atoms. The Balaban J connectivity index is 2.23. The highest BCUT2D eigenvalue weighted by Gasteiger charge is 2.03. The van der Waals surface area contributed by atoms with Gasteiger partial charge in [0.15, 0.2) is 0 Å². The van der Waals surface area contributed by atoms with Gasteiger partial charge in [0.05, 0.1) is 0 Å². The van der Waals surface area contributed by atoms with Gasteiger partial charge in [-0.05, 0) is 30.7 Å². The molecular formula is C13H14N2S. The van der Waals surface area contributed by atoms with Crippen molar-refractivity contribution in [2.75, 3.05) is 0 Å². The minimum absolute atomic E-state index is 0.530. The van der Waals surface area contributed by atoms with Crippen molar-refractivity contribution in [3.8, 4) is 0 Å². The quantitative estimate of drug-likeness (QED) is 0.881. The third-order valence-corrected chi connectivity index (χ3v) is 3.37. The molecule has 2 rings (SSSR count). The smallest absolute Gasteiger partial charge is 0.105 e. The number of nitrogens with two attached hydrogens (primary N) is 1. The molecule has 3 heteroatoms. The molecule has 0 aliphatic rings. The number of benzene rings is 1. The first-order valence-electron chi connectivity index (χ1n) is 5.18. The van der Waals surface area contributed by atoms with Crippen LogP contribution in [0.25, 0.3) is 0 Å². The van der Waals surface area contributed by atoms with E-state index in [2.05, 4.69) is 36.2 Å². The van der Waals surface area contributed by atoms with E-state index in [1.165, 1.54) is 10.5 Å². The van der Waals surface area contributed by atoms with Crippen LogP contribution in [-0.4, -0.2) is 4.98 Å². The van der Waals surface area contributed by atoms with E-state index in [0.717, 1.165) is 10.6 Å². The average molecular weight is 230 g/mol. The average Bonchev–Trinajstić information content (AvgIpc) is 2.33. The molecule has 0 radical (unpaired) electrons. The summed E-state index contributed by atoms with van der Waals surface area (Å²) in [6.45, 7) is 2.61. The second-order valence-corrected chi connectivity index (χ2v) is 4.65. The van der Waals surface area contributed by atoms with E-state index >= 15 is 0 Å². The summed E-state index contributed by atoms with van der Waals surface area (Å²) >= 11 is 1.66. The molecule has 16 heavy (non-hydrogen) atoms. The van der Waals surface area contributed by atoms with Gasteiger partial charge in [-0.3, -0.25) is 0 Å². The molecule has 0 amide bonds. The highest BCUT2D eigenvalue weighted by atomic mass is 32.2. The molecule has 0 bridgehead atoms. The normalized spacial score (nSPS) is 10.4. The number of pyridine rings is 1. The van der Waals surface area contributed by atoms with E-state index in [1.807, 2.05) is 12.1 Å². The van der Waals surface area contributed by atoms with Gasteiger partial charge in [-0.1, -0.05) is 35.5 Å². The fraction of sp³-hybridized carbons (Fsp3) is 0.154. The minimum Gasteiger partial charge on any atom is -0.326 e. The zero-order valence-corrected chi connectivity index (χ0v) is 10.00. The van der Waals surface area contributed by atoms with Crippen LogP contribution in [-0.2, 0) is 6.54 Å². The largest absolute Gasteiger partial charge is 0.326 e. The van der Waals surface area contributed by atoms with E-state index in [9.17, 15) is 0 Å². The van der Waals surface area contributed by atoms with E-state index in [4.69, 9.17) is 5.73 Å². The summed E-state index contributed by atoms with van der Waals surface area (Å²) in [7, 11) is 0. The molecule has 0 unspecified atom stereocenters. The van der Waals surface area contributed by atoms with Gasteiger partial charge >= 0.3 is 0 Å². The molecule has 1 aromatic carbocycles. The van der Waals surface area contributed by atoms with Gasteiger partial charge in [0, 0.05) is 17.6 Å². The SMILES string of the molecule is Cc1ccc(Sc2ncccc2CN)cc1. The van der Waals surface area contributed by atoms with E-state index in [0.29, 0.717) is 6.54 Å². The van der Waals surface area contributed by atoms with E-state index in [1.54, 1.807) is 18.0 Å². The second-order valence-electron chi connectivity index (χ2n) is 3.59. The maximum absolute atomic E-state index is 5.68. The van der Waals surface area contributed by atoms with Crippen LogP contribution in [0.5, 0.6) is 0 Å². The maximum atomic E-state index is 5.68. The number of aryl methyl sites for hydroxylation is 1. The number of hydrogen-bond donors (Lipinski definition) is 1. The molecule has 0 saturated heterocycles. The van der Waals surface area contributed by atoms with Crippen LogP contribution in [0, 0.1) is 6.92 Å². The Bertz CT molecular complexity index is 466. The molecule has 0 aliphatic heterocycles. The Kier molecular flexibility index (Phi) is 3.59. The van der Waals surface area contributed by atoms with Crippen molar-refractivity contribution in [3.63, 3.8) is 0 Å². The molecule has 2 nitrogen and oxygen atoms in total. The molecule has 0 atom stereocenters. The zero-order chi connectivity index (χ0) is 11.4. The third kappa shape index (κ3) is 2.62. The van der Waals surface area contributed by atoms with Gasteiger partial charge in [-0.15, -0.1) is 0 Å². The minimum atomic E-state index is 0.530. The maximum Gasteiger partial charge on any atom is 0.105 e. The van der Waals surface area contributed by atoms with Crippen LogP contribution in [0.4, 0.5) is 0 Å². The second kappa shape index (κ2) is 5.14. The molecule has 2 N–H and O–H groups in total. The van der Waals surface area contributed by atoms with Crippen molar-refractivity contribution < 1.29 is 0 Å². The molecule has 1 aromatic heterocycles. The Morgan fingerprint density at radius 3 is 2.62 bits per heavy atom. The standard InChI is InChI=1S/C13H14N2S/c1-10-4-6-12(7-5-10)16-13-11(9-14)3-2-8-15-13/h2-8H,9,14H2,1H3. The fourth-order valence-electron chi connectivity index (χ4n) is 1.39. The first-order chi connectivity index (χ1) is 7.79. The van der Waals surface area contributed by atoms with Gasteiger partial charge in [0.1, 0.15) is 5.03 Å². The summed E-state index contributed by atoms with van der Waals surface area (Å²) in [5.74, 6) is 0. The fourth-order valence-corrected chi connectivity index (χ4v) is 2.28. The summed E-state index contributed by atoms with van der Waals surface area (Å²) in [5.41, 5.74) is 8.03. The van der Waals surface area contributed by atoms with Crippen molar-refractivity contribution in [1.82, 2.24) is 4.98 Å². The van der Waals surface area contributed by atoms with Crippen molar-refractivity contribution in [1.29, 1.82) is 0 Å². The van der Waals surface area contributed by atoms with Gasteiger partial charge < -0.3 is 5.73 Å². The predicted molar refractivity (Wildman–Crippen MR) is 67.4 cm³/mol. The molecular weight excluding hydrogens is 216 g/mol. The van der Waals surface area contributed by atoms with Gasteiger partial charge in [0.25, 0.3) is 0 Å². The van der Waals surface area contributed by atoms with Crippen LogP contribution < -0.4 is 5.73 Å². The number of hydrogen-bond acceptors (Lipinski definition) is 3. The summed E-state index contributed by atoms with van der Waals surface area (Å²) in [4.78, 5) is 5.54. The number of nitrogens with zero attached hydrogens (tertiary/aromatic N) is 1. The van der Waals surface area contributed by atoms with Crippen LogP contribution in [0.1, 0.15) is 11.1 Å². The molecule has 1 heterocycles. The van der Waals surface area contributed by atoms with E-state index in [-0.39, 0.29) is 0 Å². The van der Waals surface area contributed by atoms with Crippen LogP contribution in [0.3, 0.4) is 0 Å². The summed E-state index contributed by atoms with van der Waals surface area (Å²) < 4.78 is 0. The van der Waals surface area contributed by atoms with Gasteiger partial charge in [-0.2, -0.15) is 0 Å². The van der Waals surface area contributed by atoms with Crippen molar-refractivity contribution in [3.05, 3.63) is 53.7 Å². The number of aromatic nitrogens is 1. The van der Waals surface area contributed by atoms with Gasteiger partial charge in [0.2, 0.25) is 0 Å². The lowest BCUT2D eigenvalue weighted by molar-refractivity contribution is 0.963. The monoisotopic (exact) mass is 230 g/mol. The summed E-state index contributed by atoms with van der Waals surface area (Å²) in [6, 6.07) is 12.4. The number of rotatable bonds is 3. The van der Waals surface area contributed by atoms with Crippen molar-refractivity contribution >= 4 is 11.8 Å². The van der Waals surface area contributed by atoms with Crippen molar-refractivity contribution in [2.24, 2.45) is 5.73 Å². The van der Waals surface area contributed by atoms with E-state index < -0.39 is 0 Å². The van der Waals surface area contributed by atoms with Crippen LogP contribution in [0.2, 0.25) is 0 Å². The Morgan fingerprint density at radius 2 is 1.94 bits per heavy atom. The Hall–Kier alpha value is -1.32. The molecule has 2 aromatic rings. The highest BCUT2D eigenvalue weighted by molar-refractivity contribution is 7.99. The molecule has 0 aliphatic carbocycles. The molecule has 82 valence electrons. The predicted octanol–water partition coefficient (Wildman–Crippen LogP) is 3.00. The summed E-state index contributed by atoms with van der Waals surface area (Å²) in [5, 5.41) is 0.994. The van der Waals surface area contributed by atoms with Gasteiger partial charge in [-0.25, -0.2) is 4.98 Å². The van der Waals surface area contributed by atoms with Crippen LogP contribution in [0.15, 0.2) is 52.5 Å². The zero-order valence-electron chi connectivity index (χ0n) is 9.18. The van der Waals surface area contributed by atoms with Crippen LogP contribution >= 0.6 is 11.8 Å². The molecule has 0 fully saturated rings. The lowest BCUT2D eigenvalue weighted by Crippen LogP contribution is -1.99.